The molecule has 0 aliphatic rings. The second kappa shape index (κ2) is 6.31. The van der Waals surface area contributed by atoms with Crippen molar-refractivity contribution >= 4 is 17.1 Å². The van der Waals surface area contributed by atoms with Crippen molar-refractivity contribution in [1.82, 2.24) is 4.98 Å². The maximum atomic E-state index is 11.8. The van der Waals surface area contributed by atoms with Gasteiger partial charge in [-0.2, -0.15) is 0 Å². The van der Waals surface area contributed by atoms with Crippen molar-refractivity contribution in [2.75, 3.05) is 17.7 Å². The minimum Gasteiger partial charge on any atom is -0.497 e. The minimum atomic E-state index is -0.524. The molecule has 0 saturated carbocycles. The van der Waals surface area contributed by atoms with Crippen LogP contribution < -0.4 is 26.2 Å². The molecule has 0 aliphatic heterocycles. The smallest absolute Gasteiger partial charge is 0.253 e. The van der Waals surface area contributed by atoms with Crippen LogP contribution in [0.1, 0.15) is 5.69 Å². The summed E-state index contributed by atoms with van der Waals surface area (Å²) < 4.78 is 5.08. The van der Waals surface area contributed by atoms with E-state index in [4.69, 9.17) is 4.74 Å². The molecule has 0 amide bonds. The Kier molecular flexibility index (Phi) is 4.05. The molecule has 0 unspecified atom stereocenters. The van der Waals surface area contributed by atoms with Gasteiger partial charge >= 0.3 is 0 Å². The molecule has 0 aliphatic carbocycles. The van der Waals surface area contributed by atoms with Crippen molar-refractivity contribution in [3.05, 3.63) is 74.8 Å². The first-order valence-electron chi connectivity index (χ1n) is 7.07. The van der Waals surface area contributed by atoms with Crippen molar-refractivity contribution in [2.45, 2.75) is 6.54 Å². The van der Waals surface area contributed by atoms with Crippen LogP contribution in [0, 0.1) is 0 Å². The Balaban J connectivity index is 1.74. The van der Waals surface area contributed by atoms with Crippen molar-refractivity contribution in [3.63, 3.8) is 0 Å². The maximum Gasteiger partial charge on any atom is 0.253 e. The number of aromatic nitrogens is 1. The van der Waals surface area contributed by atoms with Gasteiger partial charge in [0.25, 0.3) is 10.9 Å². The average Bonchev–Trinajstić information content (AvgIpc) is 2.62. The Hall–Kier alpha value is -3.15. The van der Waals surface area contributed by atoms with Crippen LogP contribution in [-0.4, -0.2) is 12.1 Å². The zero-order chi connectivity index (χ0) is 16.2. The van der Waals surface area contributed by atoms with Crippen LogP contribution in [0.4, 0.5) is 17.1 Å². The van der Waals surface area contributed by atoms with E-state index >= 15 is 0 Å². The monoisotopic (exact) mass is 309 g/mol. The summed E-state index contributed by atoms with van der Waals surface area (Å²) in [7, 11) is 1.58. The first kappa shape index (κ1) is 14.8. The van der Waals surface area contributed by atoms with E-state index in [-0.39, 0.29) is 11.4 Å². The molecule has 0 fully saturated rings. The number of nitrogens with zero attached hydrogens (tertiary/aromatic N) is 1. The van der Waals surface area contributed by atoms with Crippen molar-refractivity contribution < 1.29 is 4.74 Å². The molecular weight excluding hydrogens is 294 g/mol. The molecule has 23 heavy (non-hydrogen) atoms. The number of rotatable bonds is 6. The standard InChI is InChI=1S/C17H15N3O3/c1-23-13-7-5-11(6-8-13)20-15-14(16(21)17(15)22)19-10-12-4-2-3-9-18-12/h2-9,19-20H,10H2,1H3. The van der Waals surface area contributed by atoms with Gasteiger partial charge in [0.1, 0.15) is 17.1 Å². The third-order valence-corrected chi connectivity index (χ3v) is 3.44. The Bertz CT molecular complexity index is 866. The average molecular weight is 309 g/mol. The predicted octanol–water partition coefficient (Wildman–Crippen LogP) is 2.04. The molecule has 3 rings (SSSR count). The van der Waals surface area contributed by atoms with Gasteiger partial charge in [0.2, 0.25) is 0 Å². The summed E-state index contributed by atoms with van der Waals surface area (Å²) >= 11 is 0. The molecule has 1 aromatic heterocycles. The van der Waals surface area contributed by atoms with Crippen LogP contribution in [0.15, 0.2) is 58.3 Å². The molecule has 3 aromatic rings. The Morgan fingerprint density at radius 3 is 2.39 bits per heavy atom. The predicted molar refractivity (Wildman–Crippen MR) is 89.2 cm³/mol. The number of ether oxygens (including phenoxy) is 1. The second-order valence-corrected chi connectivity index (χ2v) is 4.94. The molecular formula is C17H15N3O3. The summed E-state index contributed by atoms with van der Waals surface area (Å²) in [5, 5.41) is 5.94. The Labute approximate surface area is 132 Å². The highest BCUT2D eigenvalue weighted by atomic mass is 16.5. The maximum absolute atomic E-state index is 11.8. The summed E-state index contributed by atoms with van der Waals surface area (Å²) in [5.74, 6) is 0.717. The van der Waals surface area contributed by atoms with Crippen LogP contribution >= 0.6 is 0 Å². The molecule has 0 spiro atoms. The molecule has 0 saturated heterocycles. The van der Waals surface area contributed by atoms with E-state index in [1.54, 1.807) is 37.6 Å². The molecule has 2 aromatic carbocycles. The molecule has 6 heteroatoms. The summed E-state index contributed by atoms with van der Waals surface area (Å²) in [6.07, 6.45) is 1.68. The number of nitrogens with one attached hydrogen (secondary N) is 2. The third-order valence-electron chi connectivity index (χ3n) is 3.44. The zero-order valence-corrected chi connectivity index (χ0v) is 12.5. The first-order chi connectivity index (χ1) is 11.2. The lowest BCUT2D eigenvalue weighted by Gasteiger charge is -2.15. The van der Waals surface area contributed by atoms with Crippen LogP contribution in [-0.2, 0) is 6.54 Å². The fourth-order valence-electron chi connectivity index (χ4n) is 2.18. The highest BCUT2D eigenvalue weighted by molar-refractivity contribution is 5.78. The van der Waals surface area contributed by atoms with Gasteiger partial charge < -0.3 is 15.4 Å². The SMILES string of the molecule is COc1ccc(Nc2c(NCc3ccccn3)c(=O)c2=O)cc1. The van der Waals surface area contributed by atoms with Crippen molar-refractivity contribution in [3.8, 4) is 5.75 Å². The number of hydrogen-bond donors (Lipinski definition) is 2. The second-order valence-electron chi connectivity index (χ2n) is 4.94. The molecule has 1 heterocycles. The molecule has 116 valence electrons. The van der Waals surface area contributed by atoms with Crippen LogP contribution in [0.25, 0.3) is 0 Å². The normalized spacial score (nSPS) is 10.5. The van der Waals surface area contributed by atoms with E-state index in [1.807, 2.05) is 18.2 Å². The largest absolute Gasteiger partial charge is 0.497 e. The molecule has 6 nitrogen and oxygen atoms in total. The van der Waals surface area contributed by atoms with Gasteiger partial charge in [-0.1, -0.05) is 6.07 Å². The lowest BCUT2D eigenvalue weighted by Crippen LogP contribution is -2.36. The molecule has 0 atom stereocenters. The number of pyridine rings is 1. The van der Waals surface area contributed by atoms with Crippen molar-refractivity contribution in [1.29, 1.82) is 0 Å². The lowest BCUT2D eigenvalue weighted by molar-refractivity contribution is 0.415. The summed E-state index contributed by atoms with van der Waals surface area (Å²) in [6, 6.07) is 12.6. The molecule has 0 bridgehead atoms. The Morgan fingerprint density at radius 2 is 1.74 bits per heavy atom. The Morgan fingerprint density at radius 1 is 1.00 bits per heavy atom. The van der Waals surface area contributed by atoms with Gasteiger partial charge in [-0.3, -0.25) is 14.6 Å². The molecule has 2 N–H and O–H groups in total. The summed E-state index contributed by atoms with van der Waals surface area (Å²) in [4.78, 5) is 27.7. The minimum absolute atomic E-state index is 0.274. The number of anilines is 3. The van der Waals surface area contributed by atoms with E-state index < -0.39 is 10.9 Å². The zero-order valence-electron chi connectivity index (χ0n) is 12.5. The third kappa shape index (κ3) is 3.06. The van der Waals surface area contributed by atoms with Gasteiger partial charge in [0.15, 0.2) is 0 Å². The van der Waals surface area contributed by atoms with Crippen LogP contribution in [0.5, 0.6) is 5.75 Å². The fourth-order valence-corrected chi connectivity index (χ4v) is 2.18. The van der Waals surface area contributed by atoms with Gasteiger partial charge in [0, 0.05) is 11.9 Å². The molecule has 0 radical (unpaired) electrons. The number of methoxy groups -OCH3 is 1. The van der Waals surface area contributed by atoms with Gasteiger partial charge in [0.05, 0.1) is 19.3 Å². The van der Waals surface area contributed by atoms with E-state index in [0.29, 0.717) is 18.0 Å². The lowest BCUT2D eigenvalue weighted by atomic mass is 10.1. The summed E-state index contributed by atoms with van der Waals surface area (Å²) in [5.41, 5.74) is 1.02. The van der Waals surface area contributed by atoms with Gasteiger partial charge in [-0.25, -0.2) is 0 Å². The van der Waals surface area contributed by atoms with Crippen molar-refractivity contribution in [2.24, 2.45) is 0 Å². The highest BCUT2D eigenvalue weighted by Crippen LogP contribution is 2.22. The van der Waals surface area contributed by atoms with Gasteiger partial charge in [-0.15, -0.1) is 0 Å². The highest BCUT2D eigenvalue weighted by Gasteiger charge is 2.20. The van der Waals surface area contributed by atoms with Crippen LogP contribution in [0.3, 0.4) is 0 Å². The van der Waals surface area contributed by atoms with E-state index in [0.717, 1.165) is 5.69 Å². The fraction of sp³-hybridized carbons (Fsp3) is 0.118. The number of hydrogen-bond acceptors (Lipinski definition) is 6. The first-order valence-corrected chi connectivity index (χ1v) is 7.07. The van der Waals surface area contributed by atoms with Crippen LogP contribution in [0.2, 0.25) is 0 Å². The van der Waals surface area contributed by atoms with Gasteiger partial charge in [-0.05, 0) is 36.4 Å². The van der Waals surface area contributed by atoms with E-state index in [1.165, 1.54) is 0 Å². The topological polar surface area (TPSA) is 80.3 Å². The van der Waals surface area contributed by atoms with E-state index in [9.17, 15) is 9.59 Å². The van der Waals surface area contributed by atoms with E-state index in [2.05, 4.69) is 15.6 Å². The number of benzene rings is 1. The summed E-state index contributed by atoms with van der Waals surface area (Å²) in [6.45, 7) is 0.378. The quantitative estimate of drug-likeness (QED) is 0.678.